The third kappa shape index (κ3) is 5.10. The molecule has 256 valence electrons. The lowest BCUT2D eigenvalue weighted by molar-refractivity contribution is -0.0660. The number of aryl methyl sites for hydroxylation is 1. The van der Waals surface area contributed by atoms with Gasteiger partial charge in [0.25, 0.3) is 5.91 Å². The van der Waals surface area contributed by atoms with Crippen molar-refractivity contribution in [2.75, 3.05) is 54.5 Å². The zero-order chi connectivity index (χ0) is 33.5. The van der Waals surface area contributed by atoms with Gasteiger partial charge >= 0.3 is 0 Å². The molecule has 10 nitrogen and oxygen atoms in total. The second kappa shape index (κ2) is 11.9. The Morgan fingerprint density at radius 2 is 1.84 bits per heavy atom. The summed E-state index contributed by atoms with van der Waals surface area (Å²) < 4.78 is 21.0. The Morgan fingerprint density at radius 1 is 1.02 bits per heavy atom. The number of carbonyl (C=O) groups excluding carboxylic acids is 1. The molecule has 2 N–H and O–H groups in total. The Labute approximate surface area is 293 Å². The number of hydrogen-bond acceptors (Lipinski definition) is 9. The molecule has 5 aromatic rings. The molecule has 3 aliphatic heterocycles. The van der Waals surface area contributed by atoms with Crippen LogP contribution in [0.25, 0.3) is 22.6 Å². The smallest absolute Gasteiger partial charge is 0.268 e. The van der Waals surface area contributed by atoms with Crippen LogP contribution in [-0.2, 0) is 24.0 Å². The maximum atomic E-state index is 15.6. The van der Waals surface area contributed by atoms with E-state index in [0.29, 0.717) is 46.0 Å². The van der Waals surface area contributed by atoms with Gasteiger partial charge in [0.05, 0.1) is 36.1 Å². The fourth-order valence-corrected chi connectivity index (χ4v) is 9.82. The van der Waals surface area contributed by atoms with Crippen molar-refractivity contribution in [1.29, 1.82) is 0 Å². The SMILES string of the molecule is Cc1c(-c2nc(Nc3ccc(N4CCN(C5COC5)CC4)cc3)c3[nH]cnc3n2)cc(F)cc1N1C(=O)c2sc3c(c2CC2CC21)CCCC3. The second-order valence-electron chi connectivity index (χ2n) is 14.4. The van der Waals surface area contributed by atoms with Crippen molar-refractivity contribution in [1.82, 2.24) is 24.8 Å². The monoisotopic (exact) mass is 690 g/mol. The number of rotatable bonds is 6. The summed E-state index contributed by atoms with van der Waals surface area (Å²) in [6.07, 6.45) is 7.96. The molecule has 0 radical (unpaired) electrons. The Bertz CT molecular complexity index is 2130. The summed E-state index contributed by atoms with van der Waals surface area (Å²) in [4.78, 5) is 40.7. The van der Waals surface area contributed by atoms with Crippen molar-refractivity contribution < 1.29 is 13.9 Å². The van der Waals surface area contributed by atoms with E-state index in [2.05, 4.69) is 49.4 Å². The average Bonchev–Trinajstić information content (AvgIpc) is 3.53. The van der Waals surface area contributed by atoms with Crippen molar-refractivity contribution in [3.05, 3.63) is 75.0 Å². The van der Waals surface area contributed by atoms with E-state index in [1.54, 1.807) is 17.7 Å². The molecule has 3 aromatic heterocycles. The van der Waals surface area contributed by atoms with Crippen LogP contribution in [0.3, 0.4) is 0 Å². The molecule has 2 aliphatic carbocycles. The summed E-state index contributed by atoms with van der Waals surface area (Å²) >= 11 is 1.67. The number of anilines is 4. The molecule has 50 heavy (non-hydrogen) atoms. The molecule has 2 aromatic carbocycles. The second-order valence-corrected chi connectivity index (χ2v) is 15.5. The summed E-state index contributed by atoms with van der Waals surface area (Å²) in [6.45, 7) is 7.72. The van der Waals surface area contributed by atoms with Gasteiger partial charge in [0.15, 0.2) is 17.3 Å². The van der Waals surface area contributed by atoms with Gasteiger partial charge in [0.2, 0.25) is 0 Å². The molecule has 2 atom stereocenters. The highest BCUT2D eigenvalue weighted by molar-refractivity contribution is 7.14. The van der Waals surface area contributed by atoms with E-state index in [1.165, 1.54) is 46.7 Å². The fourth-order valence-electron chi connectivity index (χ4n) is 8.46. The molecule has 10 rings (SSSR count). The number of amides is 1. The first kappa shape index (κ1) is 30.4. The lowest BCUT2D eigenvalue weighted by Gasteiger charge is -2.43. The molecular weight excluding hydrogens is 652 g/mol. The van der Waals surface area contributed by atoms with Crippen molar-refractivity contribution in [2.24, 2.45) is 5.92 Å². The molecule has 0 spiro atoms. The van der Waals surface area contributed by atoms with Crippen LogP contribution in [0.2, 0.25) is 0 Å². The number of nitrogens with one attached hydrogen (secondary N) is 2. The lowest BCUT2D eigenvalue weighted by Crippen LogP contribution is -2.56. The maximum absolute atomic E-state index is 15.6. The Kier molecular flexibility index (Phi) is 7.21. The minimum absolute atomic E-state index is 0.00775. The summed E-state index contributed by atoms with van der Waals surface area (Å²) in [7, 11) is 0. The van der Waals surface area contributed by atoms with E-state index < -0.39 is 5.82 Å². The number of hydrogen-bond donors (Lipinski definition) is 2. The normalized spacial score (nSPS) is 22.2. The Hall–Kier alpha value is -4.39. The average molecular weight is 691 g/mol. The van der Waals surface area contributed by atoms with Gasteiger partial charge in [-0.1, -0.05) is 0 Å². The predicted octanol–water partition coefficient (Wildman–Crippen LogP) is 6.26. The lowest BCUT2D eigenvalue weighted by atomic mass is 9.92. The van der Waals surface area contributed by atoms with Crippen molar-refractivity contribution >= 4 is 51.3 Å². The van der Waals surface area contributed by atoms with Crippen molar-refractivity contribution in [2.45, 2.75) is 57.5 Å². The van der Waals surface area contributed by atoms with Gasteiger partial charge in [0, 0.05) is 54.0 Å². The number of halogens is 1. The number of piperazine rings is 1. The third-order valence-corrected chi connectivity index (χ3v) is 12.8. The van der Waals surface area contributed by atoms with Crippen molar-refractivity contribution in [3.8, 4) is 11.4 Å². The Morgan fingerprint density at radius 3 is 2.64 bits per heavy atom. The molecule has 0 bridgehead atoms. The number of carbonyl (C=O) groups is 1. The molecule has 3 fully saturated rings. The van der Waals surface area contributed by atoms with Crippen LogP contribution in [0.4, 0.5) is 27.3 Å². The van der Waals surface area contributed by atoms with Gasteiger partial charge in [-0.15, -0.1) is 11.3 Å². The fraction of sp³-hybridized carbons (Fsp3) is 0.421. The number of fused-ring (bicyclic) bond motifs is 5. The molecule has 1 saturated carbocycles. The highest BCUT2D eigenvalue weighted by Crippen LogP contribution is 2.50. The Balaban J connectivity index is 0.951. The van der Waals surface area contributed by atoms with Gasteiger partial charge in [-0.2, -0.15) is 0 Å². The van der Waals surface area contributed by atoms with Gasteiger partial charge in [-0.25, -0.2) is 19.3 Å². The first-order valence-corrected chi connectivity index (χ1v) is 18.7. The minimum Gasteiger partial charge on any atom is -0.378 e. The molecule has 12 heteroatoms. The van der Waals surface area contributed by atoms with E-state index in [1.807, 2.05) is 11.8 Å². The van der Waals surface area contributed by atoms with E-state index in [0.717, 1.165) is 81.2 Å². The first-order valence-electron chi connectivity index (χ1n) is 17.9. The van der Waals surface area contributed by atoms with E-state index in [9.17, 15) is 4.79 Å². The zero-order valence-electron chi connectivity index (χ0n) is 28.0. The van der Waals surface area contributed by atoms with Crippen LogP contribution >= 0.6 is 11.3 Å². The highest BCUT2D eigenvalue weighted by atomic mass is 32.1. The summed E-state index contributed by atoms with van der Waals surface area (Å²) in [5.74, 6) is 0.904. The van der Waals surface area contributed by atoms with Gasteiger partial charge in [0.1, 0.15) is 11.3 Å². The zero-order valence-corrected chi connectivity index (χ0v) is 28.9. The topological polar surface area (TPSA) is 103 Å². The maximum Gasteiger partial charge on any atom is 0.268 e. The summed E-state index contributed by atoms with van der Waals surface area (Å²) in [6, 6.07) is 12.0. The number of ether oxygens (including phenoxy) is 1. The number of nitrogens with zero attached hydrogens (tertiary/aromatic N) is 6. The first-order chi connectivity index (χ1) is 24.5. The van der Waals surface area contributed by atoms with Crippen LogP contribution < -0.4 is 15.1 Å². The van der Waals surface area contributed by atoms with Crippen LogP contribution in [-0.4, -0.2) is 82.2 Å². The number of H-pyrrole nitrogens is 1. The molecule has 6 heterocycles. The number of thiophene rings is 1. The van der Waals surface area contributed by atoms with Gasteiger partial charge in [-0.3, -0.25) is 9.69 Å². The standard InChI is InChI=1S/C38H39FN8O2S/c1-21-28(16-23(39)17-30(21)47-31-15-22(31)14-29-27-4-2-3-5-32(27)50-34(29)38(47)48)35-43-36-33(40-20-41-36)37(44-35)42-24-6-8-25(9-7-24)45-10-12-46(13-11-45)26-18-49-19-26/h6-9,16-17,20,22,26,31H,2-5,10-15,18-19H2,1H3,(H2,40,41,42,43,44). The molecule has 2 unspecified atom stereocenters. The molecule has 5 aliphatic rings. The van der Waals surface area contributed by atoms with Crippen LogP contribution in [0, 0.1) is 18.7 Å². The van der Waals surface area contributed by atoms with Gasteiger partial charge < -0.3 is 24.8 Å². The van der Waals surface area contributed by atoms with Crippen molar-refractivity contribution in [3.63, 3.8) is 0 Å². The highest BCUT2D eigenvalue weighted by Gasteiger charge is 2.49. The third-order valence-electron chi connectivity index (χ3n) is 11.5. The largest absolute Gasteiger partial charge is 0.378 e. The van der Waals surface area contributed by atoms with E-state index in [-0.39, 0.29) is 11.9 Å². The molecule has 2 saturated heterocycles. The van der Waals surface area contributed by atoms with Crippen LogP contribution in [0.1, 0.15) is 50.5 Å². The van der Waals surface area contributed by atoms with Crippen LogP contribution in [0.15, 0.2) is 42.7 Å². The quantitative estimate of drug-likeness (QED) is 0.215. The number of aromatic amines is 1. The number of aromatic nitrogens is 4. The minimum atomic E-state index is -0.418. The molecule has 1 amide bonds. The van der Waals surface area contributed by atoms with E-state index in [4.69, 9.17) is 14.7 Å². The number of imidazole rings is 1. The predicted molar refractivity (Wildman–Crippen MR) is 193 cm³/mol. The van der Waals surface area contributed by atoms with Gasteiger partial charge in [-0.05, 0) is 104 Å². The number of benzene rings is 2. The summed E-state index contributed by atoms with van der Waals surface area (Å²) in [5.41, 5.74) is 7.83. The van der Waals surface area contributed by atoms with Crippen LogP contribution in [0.5, 0.6) is 0 Å². The molecular formula is C38H39FN8O2S. The van der Waals surface area contributed by atoms with E-state index >= 15 is 4.39 Å². The summed E-state index contributed by atoms with van der Waals surface area (Å²) in [5, 5.41) is 3.47.